The molecule has 0 aliphatic carbocycles. The van der Waals surface area contributed by atoms with Gasteiger partial charge in [0.25, 0.3) is 0 Å². The number of nitrogens with one attached hydrogen (secondary N) is 2. The molecular formula is C29H41N2O8P. The monoisotopic (exact) mass is 576 g/mol. The van der Waals surface area contributed by atoms with Crippen molar-refractivity contribution in [2.45, 2.75) is 65.1 Å². The largest absolute Gasteiger partial charge is 0.469 e. The molecule has 2 aromatic carbocycles. The number of alkyl carbamates (subject to hydrolysis) is 1. The molecule has 2 rings (SSSR count). The van der Waals surface area contributed by atoms with Gasteiger partial charge < -0.3 is 29.7 Å². The Labute approximate surface area is 236 Å². The molecule has 2 atom stereocenters. The van der Waals surface area contributed by atoms with E-state index in [2.05, 4.69) is 28.3 Å². The maximum Gasteiger partial charge on any atom is 0.469 e. The fourth-order valence-electron chi connectivity index (χ4n) is 3.78. The number of hydrogen-bond donors (Lipinski definition) is 5. The molecule has 0 heterocycles. The second-order valence-corrected chi connectivity index (χ2v) is 12.0. The van der Waals surface area contributed by atoms with E-state index in [0.29, 0.717) is 0 Å². The first-order valence-electron chi connectivity index (χ1n) is 12.7. The Balaban J connectivity index is 2.07. The van der Waals surface area contributed by atoms with Gasteiger partial charge in [-0.1, -0.05) is 60.7 Å². The summed E-state index contributed by atoms with van der Waals surface area (Å²) < 4.78 is 26.6. The normalized spacial score (nSPS) is 13.8. The molecule has 0 saturated heterocycles. The number of hydrogen-bond acceptors (Lipinski definition) is 7. The highest BCUT2D eigenvalue weighted by atomic mass is 31.2. The zero-order valence-corrected chi connectivity index (χ0v) is 24.8. The van der Waals surface area contributed by atoms with Gasteiger partial charge in [0, 0.05) is 5.54 Å². The number of phosphoric ester groups is 1. The zero-order chi connectivity index (χ0) is 30.3. The van der Waals surface area contributed by atoms with Crippen molar-refractivity contribution in [3.05, 3.63) is 83.9 Å². The lowest BCUT2D eigenvalue weighted by molar-refractivity contribution is -0.154. The highest BCUT2D eigenvalue weighted by molar-refractivity contribution is 7.46. The van der Waals surface area contributed by atoms with E-state index in [1.807, 2.05) is 76.2 Å². The zero-order valence-electron chi connectivity index (χ0n) is 23.9. The second kappa shape index (κ2) is 13.7. The molecule has 0 radical (unpaired) electrons. The van der Waals surface area contributed by atoms with Crippen LogP contribution in [0.15, 0.2) is 61.7 Å². The number of aliphatic hydroxyl groups is 1. The Morgan fingerprint density at radius 2 is 1.43 bits per heavy atom. The summed E-state index contributed by atoms with van der Waals surface area (Å²) in [5, 5.41) is 16.2. The lowest BCUT2D eigenvalue weighted by atomic mass is 9.92. The third-order valence-electron chi connectivity index (χ3n) is 6.20. The van der Waals surface area contributed by atoms with Crippen molar-refractivity contribution >= 4 is 25.1 Å². The summed E-state index contributed by atoms with van der Waals surface area (Å²) >= 11 is 0. The predicted molar refractivity (Wildman–Crippen MR) is 155 cm³/mol. The van der Waals surface area contributed by atoms with E-state index >= 15 is 0 Å². The molecule has 40 heavy (non-hydrogen) atoms. The van der Waals surface area contributed by atoms with Crippen molar-refractivity contribution in [1.82, 2.24) is 10.6 Å². The van der Waals surface area contributed by atoms with Crippen molar-refractivity contribution in [3.8, 4) is 0 Å². The maximum atomic E-state index is 12.8. The Morgan fingerprint density at radius 1 is 0.925 bits per heavy atom. The fraction of sp³-hybridized carbons (Fsp3) is 0.414. The molecule has 0 spiro atoms. The molecule has 10 nitrogen and oxygen atoms in total. The van der Waals surface area contributed by atoms with E-state index < -0.39 is 50.7 Å². The molecule has 0 bridgehead atoms. The van der Waals surface area contributed by atoms with E-state index in [0.717, 1.165) is 33.4 Å². The summed E-state index contributed by atoms with van der Waals surface area (Å²) in [6.07, 6.45) is -3.63. The number of amides is 1. The van der Waals surface area contributed by atoms with Gasteiger partial charge in [-0.25, -0.2) is 9.36 Å². The molecule has 0 saturated carbocycles. The number of phosphoric acid groups is 1. The smallest absolute Gasteiger partial charge is 0.441 e. The van der Waals surface area contributed by atoms with Crippen LogP contribution >= 0.6 is 7.82 Å². The number of aliphatic hydroxyl groups excluding tert-OH is 1. The summed E-state index contributed by atoms with van der Waals surface area (Å²) in [6, 6.07) is 15.2. The summed E-state index contributed by atoms with van der Waals surface area (Å²) in [5.41, 5.74) is 3.69. The maximum absolute atomic E-state index is 12.8. The van der Waals surface area contributed by atoms with Gasteiger partial charge in [0.2, 0.25) is 6.41 Å². The summed E-state index contributed by atoms with van der Waals surface area (Å²) in [4.78, 5) is 31.1. The molecule has 0 aromatic heterocycles. The highest BCUT2D eigenvalue weighted by Crippen LogP contribution is 2.36. The van der Waals surface area contributed by atoms with E-state index in [1.54, 1.807) is 13.8 Å². The van der Waals surface area contributed by atoms with Crippen LogP contribution in [0.25, 0.3) is 11.1 Å². The van der Waals surface area contributed by atoms with Crippen molar-refractivity contribution in [2.75, 3.05) is 13.2 Å². The van der Waals surface area contributed by atoms with Crippen LogP contribution in [0.5, 0.6) is 0 Å². The summed E-state index contributed by atoms with van der Waals surface area (Å²) in [7, 11) is -4.86. The van der Waals surface area contributed by atoms with Gasteiger partial charge in [-0.15, -0.1) is 0 Å². The number of rotatable bonds is 14. The summed E-state index contributed by atoms with van der Waals surface area (Å²) in [6.45, 7) is 17.8. The van der Waals surface area contributed by atoms with E-state index in [-0.39, 0.29) is 0 Å². The molecule has 0 aliphatic heterocycles. The minimum absolute atomic E-state index is 0.422. The Morgan fingerprint density at radius 3 is 1.90 bits per heavy atom. The fourth-order valence-corrected chi connectivity index (χ4v) is 4.14. The number of carbonyl (C=O) groups is 1. The number of ether oxygens (including phenoxy) is 2. The number of carbonyl (C=O) groups excluding carboxylic acids is 1. The molecule has 0 fully saturated rings. The average Bonchev–Trinajstić information content (AvgIpc) is 2.84. The van der Waals surface area contributed by atoms with Crippen LogP contribution in [0.4, 0.5) is 4.79 Å². The third kappa shape index (κ3) is 10.6. The Bertz CT molecular complexity index is 1250. The molecule has 2 aromatic rings. The van der Waals surface area contributed by atoms with Crippen molar-refractivity contribution < 1.29 is 38.3 Å². The van der Waals surface area contributed by atoms with Gasteiger partial charge in [0.1, 0.15) is 0 Å². The number of benzene rings is 2. The molecule has 11 heteroatoms. The quantitative estimate of drug-likeness (QED) is 0.155. The lowest BCUT2D eigenvalue weighted by Gasteiger charge is -2.31. The lowest BCUT2D eigenvalue weighted by Crippen LogP contribution is -2.47. The molecule has 0 aliphatic rings. The SMILES string of the molecule is C=C(C)c1cccc(C(C)(C)NC(=O)OC(COC(O)NC(C)(C)c2cccc(C(=C)C)c2)COP(=O)(O)O)c1. The Kier molecular flexibility index (Phi) is 11.4. The molecule has 1 amide bonds. The number of allylic oxidation sites excluding steroid dienone is 2. The first kappa shape index (κ1) is 33.4. The first-order chi connectivity index (χ1) is 18.4. The van der Waals surface area contributed by atoms with Gasteiger partial charge in [-0.2, -0.15) is 0 Å². The van der Waals surface area contributed by atoms with Crippen LogP contribution in [0.3, 0.4) is 0 Å². The molecule has 220 valence electrons. The van der Waals surface area contributed by atoms with Crippen LogP contribution in [-0.2, 0) is 29.6 Å². The van der Waals surface area contributed by atoms with Crippen LogP contribution in [0.2, 0.25) is 0 Å². The Hall–Kier alpha value is -2.82. The third-order valence-corrected chi connectivity index (χ3v) is 6.68. The van der Waals surface area contributed by atoms with Gasteiger partial charge in [-0.3, -0.25) is 9.84 Å². The van der Waals surface area contributed by atoms with E-state index in [9.17, 15) is 14.5 Å². The van der Waals surface area contributed by atoms with Gasteiger partial charge in [0.05, 0.1) is 18.8 Å². The minimum atomic E-state index is -4.86. The second-order valence-electron chi connectivity index (χ2n) is 10.7. The van der Waals surface area contributed by atoms with Gasteiger partial charge >= 0.3 is 13.9 Å². The standard InChI is InChI=1S/C29H41N2O8P/c1-19(2)21-11-9-13-23(15-21)28(5,6)30-26(32)37-17-25(18-38-40(34,35)36)39-27(33)31-29(7,8)24-14-10-12-22(16-24)20(3)4/h9-16,25-26,30,32H,1,3,17-18H2,2,4-8H3,(H,31,33)(H2,34,35,36). The van der Waals surface area contributed by atoms with E-state index in [4.69, 9.17) is 19.3 Å². The first-order valence-corrected chi connectivity index (χ1v) is 14.2. The van der Waals surface area contributed by atoms with Crippen LogP contribution in [-0.4, -0.2) is 46.7 Å². The molecule has 5 N–H and O–H groups in total. The minimum Gasteiger partial charge on any atom is -0.441 e. The topological polar surface area (TPSA) is 147 Å². The van der Waals surface area contributed by atoms with Crippen molar-refractivity contribution in [2.24, 2.45) is 0 Å². The highest BCUT2D eigenvalue weighted by Gasteiger charge is 2.29. The van der Waals surface area contributed by atoms with Crippen LogP contribution in [0, 0.1) is 0 Å². The molecular weight excluding hydrogens is 535 g/mol. The van der Waals surface area contributed by atoms with Crippen molar-refractivity contribution in [3.63, 3.8) is 0 Å². The predicted octanol–water partition coefficient (Wildman–Crippen LogP) is 5.01. The average molecular weight is 577 g/mol. The van der Waals surface area contributed by atoms with Gasteiger partial charge in [0.15, 0.2) is 6.10 Å². The van der Waals surface area contributed by atoms with E-state index in [1.165, 1.54) is 0 Å². The van der Waals surface area contributed by atoms with Crippen LogP contribution in [0.1, 0.15) is 63.8 Å². The van der Waals surface area contributed by atoms with Crippen molar-refractivity contribution in [1.29, 1.82) is 0 Å². The van der Waals surface area contributed by atoms with Crippen LogP contribution < -0.4 is 10.6 Å². The molecule has 2 unspecified atom stereocenters. The van der Waals surface area contributed by atoms with Gasteiger partial charge in [-0.05, 0) is 75.9 Å². The summed E-state index contributed by atoms with van der Waals surface area (Å²) in [5.74, 6) is 0.